The number of nitrogens with zero attached hydrogens (tertiary/aromatic N) is 7. The number of azo groups is 2. The Morgan fingerprint density at radius 2 is 1.18 bits per heavy atom. The highest BCUT2D eigenvalue weighted by Crippen LogP contribution is 2.49. The van der Waals surface area contributed by atoms with Gasteiger partial charge >= 0.3 is 6.08 Å². The highest BCUT2D eigenvalue weighted by atomic mass is 32.2. The third kappa shape index (κ3) is 12.9. The molecule has 29 nitrogen and oxygen atoms in total. The zero-order chi connectivity index (χ0) is 58.0. The average Bonchev–Trinajstić information content (AvgIpc) is 3.59. The van der Waals surface area contributed by atoms with Crippen LogP contribution in [0.3, 0.4) is 0 Å². The number of methoxy groups -OCH3 is 1. The summed E-state index contributed by atoms with van der Waals surface area (Å²) in [6.07, 6.45) is -1.34. The van der Waals surface area contributed by atoms with E-state index in [1.165, 1.54) is 43.5 Å². The summed E-state index contributed by atoms with van der Waals surface area (Å²) in [5.41, 5.74) is 2.28. The number of hydrogen-bond donors (Lipinski definition) is 5. The van der Waals surface area contributed by atoms with Crippen molar-refractivity contribution < 1.29 is 86.0 Å². The van der Waals surface area contributed by atoms with Gasteiger partial charge < -0.3 is 26.2 Å². The number of ether oxygens (including phenoxy) is 1. The number of anilines is 5. The molecule has 0 unspecified atom stereocenters. The number of benzene rings is 6. The molecule has 0 aliphatic carbocycles. The van der Waals surface area contributed by atoms with Crippen molar-refractivity contribution in [1.82, 2.24) is 15.0 Å². The molecule has 0 aliphatic rings. The van der Waals surface area contributed by atoms with E-state index in [-0.39, 0.29) is 44.8 Å². The number of phenolic OH excluding ortho intramolecular Hbond substituents is 1. The van der Waals surface area contributed by atoms with Gasteiger partial charge in [0.1, 0.15) is 48.1 Å². The molecule has 7 aromatic rings. The normalized spacial score (nSPS) is 13.0. The number of halogens is 1. The van der Waals surface area contributed by atoms with Crippen LogP contribution in [-0.2, 0) is 87.6 Å². The van der Waals surface area contributed by atoms with E-state index in [0.717, 1.165) is 77.0 Å². The number of nitrogen functional groups attached to an aromatic ring is 1. The van der Waals surface area contributed by atoms with E-state index in [1.54, 1.807) is 0 Å². The lowest BCUT2D eigenvalue weighted by Crippen LogP contribution is -2.12. The number of nitrogens with two attached hydrogens (primary N) is 1. The molecular formula is C43H41FN10O19S6. The van der Waals surface area contributed by atoms with Gasteiger partial charge in [-0.2, -0.15) is 61.4 Å². The van der Waals surface area contributed by atoms with Crippen LogP contribution >= 0.6 is 0 Å². The van der Waals surface area contributed by atoms with Crippen LogP contribution in [0.25, 0.3) is 21.5 Å². The topological polar surface area (TPSA) is 430 Å². The summed E-state index contributed by atoms with van der Waals surface area (Å²) in [7, 11) is -23.2. The lowest BCUT2D eigenvalue weighted by atomic mass is 10.0. The number of rotatable bonds is 22. The summed E-state index contributed by atoms with van der Waals surface area (Å²) >= 11 is 0. The van der Waals surface area contributed by atoms with Crippen LogP contribution in [0.15, 0.2) is 130 Å². The fraction of sp³-hybridized carbons (Fsp3) is 0.186. The monoisotopic (exact) mass is 1210 g/mol. The molecule has 79 heavy (non-hydrogen) atoms. The van der Waals surface area contributed by atoms with Gasteiger partial charge in [0.25, 0.3) is 50.6 Å². The molecule has 1 aromatic heterocycles. The quantitative estimate of drug-likeness (QED) is 0.0222. The third-order valence-electron chi connectivity index (χ3n) is 11.0. The molecule has 6 aromatic carbocycles. The van der Waals surface area contributed by atoms with Crippen LogP contribution in [-0.4, -0.2) is 123 Å². The summed E-state index contributed by atoms with van der Waals surface area (Å²) in [4.78, 5) is 8.33. The Balaban J connectivity index is 1.37. The SMILES string of the molecule is COCCS(=O)(=O)c1cccc(Nc2nc(F)nc(Nc3ccc(S(=O)(=O)OC)c(N=Nc4c(S(=O)(=O)OC)cc5cc(CS(=O)(=O)O)c(N=Nc6ccc7c(S(=O)(=O)OC)cccc7c6S(=O)(=O)OC)c(O)c5c4N)c3)n2)c1. The number of aromatic hydroxyl groups is 1. The zero-order valence-corrected chi connectivity index (χ0v) is 46.0. The van der Waals surface area contributed by atoms with E-state index in [0.29, 0.717) is 0 Å². The standard InChI is InChI=1S/C43H41FN10O19S6/c1-69-16-17-74(56,57)27-9-6-8-25(20-27)46-42-48-41(44)49-43(50-42)47-26-12-15-33(77(63,64)71-3)31(21-26)52-54-38-34(78(65,66)72-4)19-23-18-24(22-75(58,59)60)37(39(55)35(23)36(38)45)53-51-30-14-13-28-29(40(30)79(67,68)73-5)10-7-11-32(28)76(61,62)70-2/h6-15,18-21,55H,16-17,22,45H2,1-5H3,(H,58,59,60)(H2,46,47,48,49,50). The number of sulfone groups is 1. The first-order valence-electron chi connectivity index (χ1n) is 21.6. The van der Waals surface area contributed by atoms with Gasteiger partial charge in [-0.15, -0.1) is 20.5 Å². The Hall–Kier alpha value is -7.36. The van der Waals surface area contributed by atoms with Crippen LogP contribution in [0.5, 0.6) is 5.75 Å². The van der Waals surface area contributed by atoms with Gasteiger partial charge in [0.2, 0.25) is 11.9 Å². The molecular weight excluding hydrogens is 1170 g/mol. The number of aromatic nitrogens is 3. The van der Waals surface area contributed by atoms with Crippen molar-refractivity contribution in [3.05, 3.63) is 96.6 Å². The van der Waals surface area contributed by atoms with Gasteiger partial charge in [-0.1, -0.05) is 24.3 Å². The van der Waals surface area contributed by atoms with E-state index in [1.807, 2.05) is 0 Å². The van der Waals surface area contributed by atoms with Crippen LogP contribution in [0.4, 0.5) is 56.1 Å². The van der Waals surface area contributed by atoms with E-state index in [4.69, 9.17) is 18.8 Å². The predicted octanol–water partition coefficient (Wildman–Crippen LogP) is 6.07. The Morgan fingerprint density at radius 1 is 0.595 bits per heavy atom. The van der Waals surface area contributed by atoms with Crippen molar-refractivity contribution in [1.29, 1.82) is 0 Å². The summed E-state index contributed by atoms with van der Waals surface area (Å²) in [6.45, 7) is -0.0847. The maximum absolute atomic E-state index is 14.9. The molecule has 0 aliphatic heterocycles. The third-order valence-corrected chi connectivity index (χ3v) is 18.7. The highest BCUT2D eigenvalue weighted by molar-refractivity contribution is 7.91. The molecule has 6 N–H and O–H groups in total. The van der Waals surface area contributed by atoms with E-state index in [9.17, 15) is 64.6 Å². The molecule has 0 radical (unpaired) electrons. The fourth-order valence-corrected chi connectivity index (χ4v) is 12.7. The molecule has 36 heteroatoms. The predicted molar refractivity (Wildman–Crippen MR) is 278 cm³/mol. The molecule has 7 rings (SSSR count). The second kappa shape index (κ2) is 22.8. The minimum absolute atomic E-state index is 0.0847. The lowest BCUT2D eigenvalue weighted by Gasteiger charge is -2.16. The number of nitrogens with one attached hydrogen (secondary N) is 2. The van der Waals surface area contributed by atoms with Gasteiger partial charge in [0.05, 0.1) is 56.8 Å². The smallest absolute Gasteiger partial charge is 0.315 e. The summed E-state index contributed by atoms with van der Waals surface area (Å²) in [5, 5.41) is 31.7. The Bertz CT molecular complexity index is 4380. The van der Waals surface area contributed by atoms with Crippen molar-refractivity contribution in [2.75, 3.05) is 64.3 Å². The molecule has 0 amide bonds. The average molecular weight is 1210 g/mol. The molecule has 0 saturated heterocycles. The first kappa shape index (κ1) is 59.3. The fourth-order valence-electron chi connectivity index (χ4n) is 7.40. The van der Waals surface area contributed by atoms with E-state index < -0.39 is 149 Å². The lowest BCUT2D eigenvalue weighted by molar-refractivity contribution is 0.217. The van der Waals surface area contributed by atoms with Crippen LogP contribution in [0.2, 0.25) is 0 Å². The number of phenols is 1. The molecule has 420 valence electrons. The first-order chi connectivity index (χ1) is 37.0. The Labute approximate surface area is 449 Å². The van der Waals surface area contributed by atoms with Crippen molar-refractivity contribution >= 4 is 134 Å². The van der Waals surface area contributed by atoms with Crippen LogP contribution < -0.4 is 16.4 Å². The van der Waals surface area contributed by atoms with E-state index >= 15 is 0 Å². The summed E-state index contributed by atoms with van der Waals surface area (Å²) in [6, 6.07) is 15.8. The van der Waals surface area contributed by atoms with Gasteiger partial charge in [-0.25, -0.2) is 8.42 Å². The van der Waals surface area contributed by atoms with Crippen molar-refractivity contribution in [3.8, 4) is 5.75 Å². The number of hydrogen-bond acceptors (Lipinski definition) is 28. The van der Waals surface area contributed by atoms with Gasteiger partial charge in [0.15, 0.2) is 15.6 Å². The maximum atomic E-state index is 14.9. The second-order valence-electron chi connectivity index (χ2n) is 15.9. The van der Waals surface area contributed by atoms with Gasteiger partial charge in [-0.05, 0) is 66.0 Å². The highest BCUT2D eigenvalue weighted by Gasteiger charge is 2.30. The zero-order valence-electron chi connectivity index (χ0n) is 41.1. The van der Waals surface area contributed by atoms with Crippen molar-refractivity contribution in [2.24, 2.45) is 20.5 Å². The van der Waals surface area contributed by atoms with Gasteiger partial charge in [-0.3, -0.25) is 21.3 Å². The molecule has 1 heterocycles. The van der Waals surface area contributed by atoms with E-state index in [2.05, 4.69) is 54.4 Å². The summed E-state index contributed by atoms with van der Waals surface area (Å²) < 4.78 is 205. The first-order valence-corrected chi connectivity index (χ1v) is 30.5. The minimum Gasteiger partial charge on any atom is -0.505 e. The largest absolute Gasteiger partial charge is 0.505 e. The molecule has 0 spiro atoms. The second-order valence-corrected chi connectivity index (χ2v) is 26.1. The molecule has 0 bridgehead atoms. The van der Waals surface area contributed by atoms with Crippen molar-refractivity contribution in [2.45, 2.75) is 30.2 Å². The minimum atomic E-state index is -5.05. The summed E-state index contributed by atoms with van der Waals surface area (Å²) in [5.74, 6) is -3.70. The molecule has 0 fully saturated rings. The maximum Gasteiger partial charge on any atom is 0.315 e. The number of fused-ring (bicyclic) bond motifs is 2. The van der Waals surface area contributed by atoms with Crippen LogP contribution in [0, 0.1) is 6.08 Å². The van der Waals surface area contributed by atoms with Gasteiger partial charge in [0, 0.05) is 34.8 Å². The van der Waals surface area contributed by atoms with Crippen molar-refractivity contribution in [3.63, 3.8) is 0 Å². The Morgan fingerprint density at radius 3 is 1.80 bits per heavy atom. The molecule has 0 saturated carbocycles. The Kier molecular flexibility index (Phi) is 17.1. The van der Waals surface area contributed by atoms with Crippen LogP contribution in [0.1, 0.15) is 5.56 Å². The molecule has 0 atom stereocenters.